The molecule has 1 atom stereocenters. The highest BCUT2D eigenvalue weighted by Gasteiger charge is 2.14. The number of pyridine rings is 1. The summed E-state index contributed by atoms with van der Waals surface area (Å²) >= 11 is 0. The van der Waals surface area contributed by atoms with Crippen LogP contribution in [-0.2, 0) is 0 Å². The molecule has 2 aromatic carbocycles. The lowest BCUT2D eigenvalue weighted by molar-refractivity contribution is 0.622. The third kappa shape index (κ3) is 2.28. The smallest absolute Gasteiger partial charge is 0.123 e. The molecular formula is C17H15FN2. The maximum atomic E-state index is 13.4. The second-order valence-electron chi connectivity index (χ2n) is 4.91. The quantitative estimate of drug-likeness (QED) is 0.767. The third-order valence-corrected chi connectivity index (χ3v) is 3.51. The van der Waals surface area contributed by atoms with Gasteiger partial charge in [-0.15, -0.1) is 0 Å². The van der Waals surface area contributed by atoms with Gasteiger partial charge < -0.3 is 5.73 Å². The molecule has 3 aromatic rings. The molecule has 20 heavy (non-hydrogen) atoms. The Balaban J connectivity index is 2.07. The minimum Gasteiger partial charge on any atom is -0.319 e. The predicted octanol–water partition coefficient (Wildman–Crippen LogP) is 3.73. The van der Waals surface area contributed by atoms with Crippen molar-refractivity contribution in [2.75, 3.05) is 0 Å². The number of aryl methyl sites for hydroxylation is 1. The van der Waals surface area contributed by atoms with Gasteiger partial charge in [0.1, 0.15) is 5.82 Å². The summed E-state index contributed by atoms with van der Waals surface area (Å²) in [5, 5.41) is 1.07. The Morgan fingerprint density at radius 1 is 1.05 bits per heavy atom. The van der Waals surface area contributed by atoms with Crippen LogP contribution in [0.15, 0.2) is 54.6 Å². The molecule has 0 saturated heterocycles. The van der Waals surface area contributed by atoms with Crippen LogP contribution in [0.4, 0.5) is 4.39 Å². The molecule has 0 fully saturated rings. The maximum Gasteiger partial charge on any atom is 0.123 e. The van der Waals surface area contributed by atoms with E-state index in [1.54, 1.807) is 6.07 Å². The lowest BCUT2D eigenvalue weighted by Gasteiger charge is -2.15. The van der Waals surface area contributed by atoms with Gasteiger partial charge in [-0.25, -0.2) is 4.39 Å². The number of para-hydroxylation sites is 1. The van der Waals surface area contributed by atoms with Crippen molar-refractivity contribution in [3.63, 3.8) is 0 Å². The van der Waals surface area contributed by atoms with Gasteiger partial charge in [0.2, 0.25) is 0 Å². The Bertz CT molecular complexity index is 768. The van der Waals surface area contributed by atoms with Crippen LogP contribution < -0.4 is 5.73 Å². The Morgan fingerprint density at radius 2 is 1.85 bits per heavy atom. The number of hydrogen-bond donors (Lipinski definition) is 1. The molecule has 0 spiro atoms. The number of fused-ring (bicyclic) bond motifs is 1. The van der Waals surface area contributed by atoms with Gasteiger partial charge in [-0.1, -0.05) is 30.3 Å². The molecule has 0 aliphatic rings. The van der Waals surface area contributed by atoms with Crippen molar-refractivity contribution in [2.45, 2.75) is 13.0 Å². The van der Waals surface area contributed by atoms with Crippen LogP contribution in [0.1, 0.15) is 22.9 Å². The summed E-state index contributed by atoms with van der Waals surface area (Å²) in [5.74, 6) is -0.276. The summed E-state index contributed by atoms with van der Waals surface area (Å²) in [5.41, 5.74) is 9.63. The minimum atomic E-state index is -0.421. The summed E-state index contributed by atoms with van der Waals surface area (Å²) in [4.78, 5) is 4.57. The van der Waals surface area contributed by atoms with Gasteiger partial charge in [0, 0.05) is 5.39 Å². The molecule has 100 valence electrons. The fourth-order valence-electron chi connectivity index (χ4n) is 2.36. The normalized spacial score (nSPS) is 12.6. The SMILES string of the molecule is Cc1ccc(F)cc1C(N)c1ccc2ccccc2n1. The molecule has 0 aliphatic carbocycles. The van der Waals surface area contributed by atoms with Gasteiger partial charge in [-0.2, -0.15) is 0 Å². The second kappa shape index (κ2) is 5.02. The average molecular weight is 266 g/mol. The van der Waals surface area contributed by atoms with Crippen molar-refractivity contribution in [1.29, 1.82) is 0 Å². The highest BCUT2D eigenvalue weighted by Crippen LogP contribution is 2.24. The van der Waals surface area contributed by atoms with E-state index in [-0.39, 0.29) is 5.82 Å². The largest absolute Gasteiger partial charge is 0.319 e. The lowest BCUT2D eigenvalue weighted by atomic mass is 9.98. The zero-order valence-electron chi connectivity index (χ0n) is 11.2. The Hall–Kier alpha value is -2.26. The van der Waals surface area contributed by atoms with E-state index in [9.17, 15) is 4.39 Å². The van der Waals surface area contributed by atoms with Crippen LogP contribution in [0, 0.1) is 12.7 Å². The third-order valence-electron chi connectivity index (χ3n) is 3.51. The highest BCUT2D eigenvalue weighted by molar-refractivity contribution is 5.78. The van der Waals surface area contributed by atoms with Gasteiger partial charge >= 0.3 is 0 Å². The first-order chi connectivity index (χ1) is 9.65. The van der Waals surface area contributed by atoms with Gasteiger partial charge in [0.05, 0.1) is 17.3 Å². The number of rotatable bonds is 2. The van der Waals surface area contributed by atoms with Crippen LogP contribution in [0.3, 0.4) is 0 Å². The van der Waals surface area contributed by atoms with Crippen LogP contribution in [-0.4, -0.2) is 4.98 Å². The maximum absolute atomic E-state index is 13.4. The lowest BCUT2D eigenvalue weighted by Crippen LogP contribution is -2.15. The van der Waals surface area contributed by atoms with E-state index < -0.39 is 6.04 Å². The molecule has 2 nitrogen and oxygen atoms in total. The molecular weight excluding hydrogens is 251 g/mol. The van der Waals surface area contributed by atoms with Gasteiger partial charge in [-0.05, 0) is 42.3 Å². The van der Waals surface area contributed by atoms with E-state index in [1.165, 1.54) is 12.1 Å². The highest BCUT2D eigenvalue weighted by atomic mass is 19.1. The molecule has 1 heterocycles. The monoisotopic (exact) mass is 266 g/mol. The minimum absolute atomic E-state index is 0.276. The van der Waals surface area contributed by atoms with Crippen LogP contribution in [0.5, 0.6) is 0 Å². The Labute approximate surface area is 117 Å². The zero-order valence-corrected chi connectivity index (χ0v) is 11.2. The average Bonchev–Trinajstić information content (AvgIpc) is 2.48. The van der Waals surface area contributed by atoms with E-state index in [4.69, 9.17) is 5.73 Å². The molecule has 2 N–H and O–H groups in total. The van der Waals surface area contributed by atoms with E-state index >= 15 is 0 Å². The number of halogens is 1. The van der Waals surface area contributed by atoms with E-state index in [0.29, 0.717) is 0 Å². The summed E-state index contributed by atoms with van der Waals surface area (Å²) in [7, 11) is 0. The number of aromatic nitrogens is 1. The zero-order chi connectivity index (χ0) is 14.1. The topological polar surface area (TPSA) is 38.9 Å². The molecule has 1 unspecified atom stereocenters. The van der Waals surface area contributed by atoms with E-state index in [0.717, 1.165) is 27.7 Å². The van der Waals surface area contributed by atoms with Crippen molar-refractivity contribution in [3.8, 4) is 0 Å². The van der Waals surface area contributed by atoms with E-state index in [1.807, 2.05) is 43.3 Å². The standard InChI is InChI=1S/C17H15FN2/c1-11-6-8-13(18)10-14(11)17(19)16-9-7-12-4-2-3-5-15(12)20-16/h2-10,17H,19H2,1H3. The first kappa shape index (κ1) is 12.8. The number of hydrogen-bond acceptors (Lipinski definition) is 2. The molecule has 0 radical (unpaired) electrons. The molecule has 0 bridgehead atoms. The Morgan fingerprint density at radius 3 is 2.70 bits per heavy atom. The van der Waals surface area contributed by atoms with E-state index in [2.05, 4.69) is 4.98 Å². The summed E-state index contributed by atoms with van der Waals surface area (Å²) in [6, 6.07) is 16.0. The van der Waals surface area contributed by atoms with Crippen LogP contribution in [0.2, 0.25) is 0 Å². The van der Waals surface area contributed by atoms with Crippen LogP contribution in [0.25, 0.3) is 10.9 Å². The fourth-order valence-corrected chi connectivity index (χ4v) is 2.36. The number of benzene rings is 2. The predicted molar refractivity (Wildman–Crippen MR) is 78.9 cm³/mol. The fraction of sp³-hybridized carbons (Fsp3) is 0.118. The molecule has 0 saturated carbocycles. The first-order valence-corrected chi connectivity index (χ1v) is 6.52. The van der Waals surface area contributed by atoms with Crippen molar-refractivity contribution < 1.29 is 4.39 Å². The van der Waals surface area contributed by atoms with Crippen molar-refractivity contribution in [3.05, 3.63) is 77.2 Å². The van der Waals surface area contributed by atoms with Crippen molar-refractivity contribution in [2.24, 2.45) is 5.73 Å². The number of nitrogens with two attached hydrogens (primary N) is 1. The van der Waals surface area contributed by atoms with Crippen molar-refractivity contribution in [1.82, 2.24) is 4.98 Å². The molecule has 3 rings (SSSR count). The molecule has 3 heteroatoms. The molecule has 1 aromatic heterocycles. The van der Waals surface area contributed by atoms with Gasteiger partial charge in [0.15, 0.2) is 0 Å². The van der Waals surface area contributed by atoms with Crippen LogP contribution >= 0.6 is 0 Å². The molecule has 0 aliphatic heterocycles. The van der Waals surface area contributed by atoms with Crippen molar-refractivity contribution >= 4 is 10.9 Å². The Kier molecular flexibility index (Phi) is 3.20. The number of nitrogens with zero attached hydrogens (tertiary/aromatic N) is 1. The summed E-state index contributed by atoms with van der Waals surface area (Å²) in [6.07, 6.45) is 0. The summed E-state index contributed by atoms with van der Waals surface area (Å²) < 4.78 is 13.4. The molecule has 0 amide bonds. The van der Waals surface area contributed by atoms with Gasteiger partial charge in [0.25, 0.3) is 0 Å². The van der Waals surface area contributed by atoms with Gasteiger partial charge in [-0.3, -0.25) is 4.98 Å². The first-order valence-electron chi connectivity index (χ1n) is 6.52. The second-order valence-corrected chi connectivity index (χ2v) is 4.91. The summed E-state index contributed by atoms with van der Waals surface area (Å²) in [6.45, 7) is 1.93.